The molecule has 0 nitrogen and oxygen atoms in total. The first kappa shape index (κ1) is 8.39. The Hall–Kier alpha value is -0.703. The zero-order chi connectivity index (χ0) is 8.10. The third-order valence-corrected chi connectivity index (χ3v) is 1.36. The Morgan fingerprint density at radius 2 is 1.91 bits per heavy atom. The fraction of sp³-hybridized carbons (Fsp3) is 0. The zero-order valence-electron chi connectivity index (χ0n) is 6.75. The van der Waals surface area contributed by atoms with E-state index in [1.54, 1.807) is 0 Å². The Labute approximate surface area is 76.8 Å². The molecule has 0 aliphatic carbocycles. The van der Waals surface area contributed by atoms with E-state index in [0.29, 0.717) is 0 Å². The maximum atomic E-state index is 3.78. The van der Waals surface area contributed by atoms with E-state index in [1.807, 2.05) is 42.0 Å². The quantitative estimate of drug-likeness (QED) is 0.432. The minimum absolute atomic E-state index is 1.08. The Balaban J connectivity index is 2.72. The van der Waals surface area contributed by atoms with E-state index < -0.39 is 0 Å². The number of hydrogen-bond acceptors (Lipinski definition) is 0. The SMILES string of the molecule is [Li][C](=C)C=Cc1ccccc1. The van der Waals surface area contributed by atoms with Gasteiger partial charge in [-0.25, -0.2) is 0 Å². The molecule has 0 heterocycles. The molecule has 0 unspecified atom stereocenters. The summed E-state index contributed by atoms with van der Waals surface area (Å²) < 4.78 is 1.08. The van der Waals surface area contributed by atoms with Crippen molar-refractivity contribution in [1.29, 1.82) is 0 Å². The Kier molecular flexibility index (Phi) is 3.23. The van der Waals surface area contributed by atoms with Crippen LogP contribution < -0.4 is 0 Å². The molecular formula is C10H9Li. The maximum absolute atomic E-state index is 3.78. The molecule has 0 fully saturated rings. The first-order valence-corrected chi connectivity index (χ1v) is 3.67. The van der Waals surface area contributed by atoms with E-state index in [0.717, 1.165) is 4.25 Å². The molecule has 0 radical (unpaired) electrons. The first-order valence-electron chi connectivity index (χ1n) is 3.67. The van der Waals surface area contributed by atoms with E-state index in [9.17, 15) is 0 Å². The van der Waals surface area contributed by atoms with Gasteiger partial charge in [-0.05, 0) is 0 Å². The average molecular weight is 136 g/mol. The minimum atomic E-state index is 1.08. The van der Waals surface area contributed by atoms with Gasteiger partial charge in [-0.3, -0.25) is 0 Å². The van der Waals surface area contributed by atoms with Crippen LogP contribution in [-0.4, -0.2) is 17.7 Å². The molecule has 50 valence electrons. The van der Waals surface area contributed by atoms with Gasteiger partial charge in [0.25, 0.3) is 0 Å². The molecule has 0 atom stereocenters. The van der Waals surface area contributed by atoms with Crippen LogP contribution in [-0.2, 0) is 0 Å². The van der Waals surface area contributed by atoms with E-state index in [1.165, 1.54) is 5.56 Å². The predicted molar refractivity (Wildman–Crippen MR) is 50.4 cm³/mol. The molecule has 0 amide bonds. The van der Waals surface area contributed by atoms with Crippen LogP contribution in [0.25, 0.3) is 6.08 Å². The number of allylic oxidation sites excluding steroid dienone is 2. The van der Waals surface area contributed by atoms with E-state index in [4.69, 9.17) is 0 Å². The van der Waals surface area contributed by atoms with Crippen molar-refractivity contribution in [2.24, 2.45) is 0 Å². The zero-order valence-corrected chi connectivity index (χ0v) is 6.75. The van der Waals surface area contributed by atoms with Crippen molar-refractivity contribution >= 4 is 23.8 Å². The van der Waals surface area contributed by atoms with Gasteiger partial charge < -0.3 is 0 Å². The van der Waals surface area contributed by atoms with Crippen LogP contribution in [0.3, 0.4) is 0 Å². The molecule has 0 saturated carbocycles. The second-order valence-electron chi connectivity index (χ2n) is 2.59. The Morgan fingerprint density at radius 1 is 1.27 bits per heavy atom. The molecule has 0 aliphatic heterocycles. The van der Waals surface area contributed by atoms with Crippen molar-refractivity contribution in [3.8, 4) is 0 Å². The van der Waals surface area contributed by atoms with Gasteiger partial charge >= 0.3 is 76.6 Å². The van der Waals surface area contributed by atoms with Gasteiger partial charge in [-0.1, -0.05) is 0 Å². The summed E-state index contributed by atoms with van der Waals surface area (Å²) >= 11 is 1.99. The van der Waals surface area contributed by atoms with Crippen LogP contribution in [0.4, 0.5) is 0 Å². The number of hydrogen-bond donors (Lipinski definition) is 0. The van der Waals surface area contributed by atoms with Crippen molar-refractivity contribution in [3.63, 3.8) is 0 Å². The molecule has 1 aromatic carbocycles. The van der Waals surface area contributed by atoms with E-state index in [-0.39, 0.29) is 0 Å². The molecule has 1 aromatic rings. The third kappa shape index (κ3) is 3.27. The van der Waals surface area contributed by atoms with Crippen LogP contribution in [0.1, 0.15) is 5.56 Å². The summed E-state index contributed by atoms with van der Waals surface area (Å²) in [5.74, 6) is 0. The van der Waals surface area contributed by atoms with Crippen LogP contribution in [0, 0.1) is 0 Å². The topological polar surface area (TPSA) is 0 Å². The van der Waals surface area contributed by atoms with Gasteiger partial charge in [-0.2, -0.15) is 0 Å². The van der Waals surface area contributed by atoms with Crippen molar-refractivity contribution in [3.05, 3.63) is 52.8 Å². The van der Waals surface area contributed by atoms with Gasteiger partial charge in [0.2, 0.25) is 0 Å². The average Bonchev–Trinajstić information content (AvgIpc) is 2.03. The summed E-state index contributed by atoms with van der Waals surface area (Å²) in [5, 5.41) is 0. The molecule has 0 aromatic heterocycles. The van der Waals surface area contributed by atoms with Crippen LogP contribution in [0.15, 0.2) is 47.2 Å². The molecule has 11 heavy (non-hydrogen) atoms. The van der Waals surface area contributed by atoms with Gasteiger partial charge in [0, 0.05) is 0 Å². The predicted octanol–water partition coefficient (Wildman–Crippen LogP) is 2.38. The van der Waals surface area contributed by atoms with Crippen molar-refractivity contribution < 1.29 is 0 Å². The normalized spacial score (nSPS) is 10.4. The second-order valence-corrected chi connectivity index (χ2v) is 2.59. The van der Waals surface area contributed by atoms with Gasteiger partial charge in [-0.15, -0.1) is 0 Å². The summed E-state index contributed by atoms with van der Waals surface area (Å²) in [6, 6.07) is 10.2. The van der Waals surface area contributed by atoms with Gasteiger partial charge in [0.15, 0.2) is 0 Å². The summed E-state index contributed by atoms with van der Waals surface area (Å²) in [4.78, 5) is 0. The van der Waals surface area contributed by atoms with Crippen LogP contribution >= 0.6 is 0 Å². The summed E-state index contributed by atoms with van der Waals surface area (Å²) in [5.41, 5.74) is 1.22. The Morgan fingerprint density at radius 3 is 2.45 bits per heavy atom. The van der Waals surface area contributed by atoms with Crippen molar-refractivity contribution in [2.45, 2.75) is 0 Å². The molecule has 0 N–H and O–H groups in total. The molecule has 1 rings (SSSR count). The molecule has 0 spiro atoms. The van der Waals surface area contributed by atoms with Crippen molar-refractivity contribution in [2.75, 3.05) is 0 Å². The second kappa shape index (κ2) is 4.23. The molecular weight excluding hydrogens is 127 g/mol. The monoisotopic (exact) mass is 136 g/mol. The van der Waals surface area contributed by atoms with E-state index in [2.05, 4.69) is 24.8 Å². The Bertz CT molecular complexity index is 259. The summed E-state index contributed by atoms with van der Waals surface area (Å²) in [6.45, 7) is 3.78. The molecule has 0 aliphatic rings. The third-order valence-electron chi connectivity index (χ3n) is 1.36. The fourth-order valence-corrected chi connectivity index (χ4v) is 0.803. The van der Waals surface area contributed by atoms with Crippen molar-refractivity contribution in [1.82, 2.24) is 0 Å². The standard InChI is InChI=1S/C10H9.Li/c1-2-3-7-10-8-5-4-6-9-10;/h3-9H,1H2;. The molecule has 1 heteroatoms. The summed E-state index contributed by atoms with van der Waals surface area (Å²) in [6.07, 6.45) is 4.07. The number of benzene rings is 1. The summed E-state index contributed by atoms with van der Waals surface area (Å²) in [7, 11) is 0. The van der Waals surface area contributed by atoms with Crippen LogP contribution in [0.5, 0.6) is 0 Å². The molecule has 0 saturated heterocycles. The first-order chi connectivity index (χ1) is 5.29. The van der Waals surface area contributed by atoms with Gasteiger partial charge in [0.1, 0.15) is 0 Å². The number of rotatable bonds is 2. The van der Waals surface area contributed by atoms with E-state index >= 15 is 0 Å². The fourth-order valence-electron chi connectivity index (χ4n) is 0.803. The van der Waals surface area contributed by atoms with Gasteiger partial charge in [0.05, 0.1) is 0 Å². The van der Waals surface area contributed by atoms with Crippen LogP contribution in [0.2, 0.25) is 0 Å². The molecule has 0 bridgehead atoms.